The molecule has 0 fully saturated rings. The van der Waals surface area contributed by atoms with Crippen LogP contribution in [0.3, 0.4) is 0 Å². The van der Waals surface area contributed by atoms with Crippen LogP contribution < -0.4 is 4.74 Å². The van der Waals surface area contributed by atoms with Crippen molar-refractivity contribution in [2.24, 2.45) is 0 Å². The van der Waals surface area contributed by atoms with E-state index in [1.54, 1.807) is 24.3 Å². The zero-order chi connectivity index (χ0) is 11.4. The molecular weight excluding hydrogens is 200 g/mol. The van der Waals surface area contributed by atoms with Crippen LogP contribution in [0.5, 0.6) is 5.75 Å². The molecule has 0 atom stereocenters. The lowest BCUT2D eigenvalue weighted by molar-refractivity contribution is 0.0735. The van der Waals surface area contributed by atoms with Gasteiger partial charge in [-0.1, -0.05) is 35.9 Å². The van der Waals surface area contributed by atoms with Crippen molar-refractivity contribution in [2.45, 2.75) is 6.92 Å². The van der Waals surface area contributed by atoms with Crippen molar-refractivity contribution in [1.29, 1.82) is 0 Å². The molecule has 0 heterocycles. The number of benzene rings is 2. The van der Waals surface area contributed by atoms with E-state index in [2.05, 4.69) is 0 Å². The van der Waals surface area contributed by atoms with E-state index in [1.807, 2.05) is 37.3 Å². The number of esters is 1. The van der Waals surface area contributed by atoms with Gasteiger partial charge in [-0.2, -0.15) is 0 Å². The molecule has 16 heavy (non-hydrogen) atoms. The summed E-state index contributed by atoms with van der Waals surface area (Å²) in [5.74, 6) is 0.240. The molecule has 0 radical (unpaired) electrons. The highest BCUT2D eigenvalue weighted by molar-refractivity contribution is 5.90. The third kappa shape index (κ3) is 2.48. The first-order chi connectivity index (χ1) is 7.75. The third-order valence-corrected chi connectivity index (χ3v) is 2.24. The molecule has 2 heteroatoms. The van der Waals surface area contributed by atoms with Crippen LogP contribution in [0.1, 0.15) is 15.9 Å². The van der Waals surface area contributed by atoms with Gasteiger partial charge in [-0.15, -0.1) is 0 Å². The molecule has 0 aliphatic heterocycles. The van der Waals surface area contributed by atoms with Crippen LogP contribution in [0.2, 0.25) is 0 Å². The van der Waals surface area contributed by atoms with Crippen molar-refractivity contribution < 1.29 is 9.53 Å². The lowest BCUT2D eigenvalue weighted by atomic mass is 10.2. The van der Waals surface area contributed by atoms with Gasteiger partial charge in [0.25, 0.3) is 0 Å². The van der Waals surface area contributed by atoms with Gasteiger partial charge in [-0.05, 0) is 31.2 Å². The molecule has 2 nitrogen and oxygen atoms in total. The van der Waals surface area contributed by atoms with E-state index in [9.17, 15) is 4.79 Å². The Hall–Kier alpha value is -2.09. The monoisotopic (exact) mass is 212 g/mol. The predicted octanol–water partition coefficient (Wildman–Crippen LogP) is 3.21. The van der Waals surface area contributed by atoms with Crippen molar-refractivity contribution in [1.82, 2.24) is 0 Å². The number of ether oxygens (including phenoxy) is 1. The second kappa shape index (κ2) is 4.62. The average Bonchev–Trinajstić information content (AvgIpc) is 2.33. The van der Waals surface area contributed by atoms with Crippen molar-refractivity contribution in [2.75, 3.05) is 0 Å². The third-order valence-electron chi connectivity index (χ3n) is 2.24. The minimum absolute atomic E-state index is 0.329. The first kappa shape index (κ1) is 10.4. The molecule has 0 bridgehead atoms. The van der Waals surface area contributed by atoms with Gasteiger partial charge < -0.3 is 4.74 Å². The van der Waals surface area contributed by atoms with E-state index in [1.165, 1.54) is 0 Å². The van der Waals surface area contributed by atoms with Crippen LogP contribution in [0, 0.1) is 6.92 Å². The molecule has 2 aromatic carbocycles. The Bertz CT molecular complexity index is 472. The Morgan fingerprint density at radius 1 is 0.938 bits per heavy atom. The summed E-state index contributed by atoms with van der Waals surface area (Å²) >= 11 is 0. The summed E-state index contributed by atoms with van der Waals surface area (Å²) in [5, 5.41) is 0. The first-order valence-electron chi connectivity index (χ1n) is 5.09. The molecule has 2 rings (SSSR count). The summed E-state index contributed by atoms with van der Waals surface area (Å²) in [4.78, 5) is 11.7. The van der Waals surface area contributed by atoms with Gasteiger partial charge in [0.05, 0.1) is 5.56 Å². The Morgan fingerprint density at radius 3 is 2.19 bits per heavy atom. The molecule has 0 spiro atoms. The smallest absolute Gasteiger partial charge is 0.343 e. The topological polar surface area (TPSA) is 26.3 Å². The van der Waals surface area contributed by atoms with Crippen molar-refractivity contribution in [3.05, 3.63) is 65.7 Å². The van der Waals surface area contributed by atoms with Crippen LogP contribution in [-0.2, 0) is 0 Å². The van der Waals surface area contributed by atoms with E-state index in [0.29, 0.717) is 11.3 Å². The highest BCUT2D eigenvalue weighted by atomic mass is 16.5. The van der Waals surface area contributed by atoms with Crippen LogP contribution >= 0.6 is 0 Å². The second-order valence-corrected chi connectivity index (χ2v) is 3.57. The van der Waals surface area contributed by atoms with E-state index >= 15 is 0 Å². The van der Waals surface area contributed by atoms with Crippen LogP contribution in [0.15, 0.2) is 54.6 Å². The van der Waals surface area contributed by atoms with Crippen molar-refractivity contribution >= 4 is 5.97 Å². The molecular formula is C14H12O2. The van der Waals surface area contributed by atoms with Gasteiger partial charge in [0.15, 0.2) is 0 Å². The Labute approximate surface area is 94.5 Å². The van der Waals surface area contributed by atoms with E-state index < -0.39 is 0 Å². The standard InChI is InChI=1S/C14H12O2/c1-11-7-9-13(10-8-11)16-14(15)12-5-3-2-4-6-12/h2-10H,1H3. The van der Waals surface area contributed by atoms with Crippen LogP contribution in [0.25, 0.3) is 0 Å². The van der Waals surface area contributed by atoms with Gasteiger partial charge >= 0.3 is 5.97 Å². The van der Waals surface area contributed by atoms with Gasteiger partial charge in [0.2, 0.25) is 0 Å². The van der Waals surface area contributed by atoms with Crippen LogP contribution in [0.4, 0.5) is 0 Å². The highest BCUT2D eigenvalue weighted by Gasteiger charge is 2.06. The summed E-state index contributed by atoms with van der Waals surface area (Å²) in [6.07, 6.45) is 0. The Kier molecular flexibility index (Phi) is 3.01. The largest absolute Gasteiger partial charge is 0.423 e. The molecule has 0 unspecified atom stereocenters. The molecule has 0 N–H and O–H groups in total. The molecule has 0 aliphatic carbocycles. The molecule has 80 valence electrons. The fourth-order valence-electron chi connectivity index (χ4n) is 1.35. The lowest BCUT2D eigenvalue weighted by Gasteiger charge is -2.04. The van der Waals surface area contributed by atoms with E-state index in [-0.39, 0.29) is 5.97 Å². The average molecular weight is 212 g/mol. The van der Waals surface area contributed by atoms with E-state index in [0.717, 1.165) is 5.56 Å². The van der Waals surface area contributed by atoms with Gasteiger partial charge in [0.1, 0.15) is 5.75 Å². The summed E-state index contributed by atoms with van der Waals surface area (Å²) in [7, 11) is 0. The summed E-state index contributed by atoms with van der Waals surface area (Å²) in [6.45, 7) is 1.99. The summed E-state index contributed by atoms with van der Waals surface area (Å²) in [6, 6.07) is 16.3. The SMILES string of the molecule is Cc1ccc(OC(=O)c2ccccc2)cc1. The fourth-order valence-corrected chi connectivity index (χ4v) is 1.35. The fraction of sp³-hybridized carbons (Fsp3) is 0.0714. The number of aryl methyl sites for hydroxylation is 1. The second-order valence-electron chi connectivity index (χ2n) is 3.57. The number of carbonyl (C=O) groups is 1. The van der Waals surface area contributed by atoms with Gasteiger partial charge in [-0.3, -0.25) is 0 Å². The maximum Gasteiger partial charge on any atom is 0.343 e. The minimum atomic E-state index is -0.329. The maximum atomic E-state index is 11.7. The zero-order valence-corrected chi connectivity index (χ0v) is 9.01. The molecule has 2 aromatic rings. The van der Waals surface area contributed by atoms with Gasteiger partial charge in [-0.25, -0.2) is 4.79 Å². The number of rotatable bonds is 2. The summed E-state index contributed by atoms with van der Waals surface area (Å²) in [5.41, 5.74) is 1.70. The molecule has 0 saturated heterocycles. The molecule has 0 amide bonds. The Balaban J connectivity index is 2.11. The zero-order valence-electron chi connectivity index (χ0n) is 9.01. The molecule has 0 aromatic heterocycles. The normalized spacial score (nSPS) is 9.81. The number of carbonyl (C=O) groups excluding carboxylic acids is 1. The molecule has 0 saturated carbocycles. The predicted molar refractivity (Wildman–Crippen MR) is 62.6 cm³/mol. The van der Waals surface area contributed by atoms with Crippen molar-refractivity contribution in [3.8, 4) is 5.75 Å². The lowest BCUT2D eigenvalue weighted by Crippen LogP contribution is -2.07. The van der Waals surface area contributed by atoms with E-state index in [4.69, 9.17) is 4.74 Å². The first-order valence-corrected chi connectivity index (χ1v) is 5.09. The highest BCUT2D eigenvalue weighted by Crippen LogP contribution is 2.13. The van der Waals surface area contributed by atoms with Crippen LogP contribution in [-0.4, -0.2) is 5.97 Å². The summed E-state index contributed by atoms with van der Waals surface area (Å²) < 4.78 is 5.22. The minimum Gasteiger partial charge on any atom is -0.423 e. The number of hydrogen-bond donors (Lipinski definition) is 0. The molecule has 0 aliphatic rings. The van der Waals surface area contributed by atoms with Crippen molar-refractivity contribution in [3.63, 3.8) is 0 Å². The number of hydrogen-bond acceptors (Lipinski definition) is 2. The maximum absolute atomic E-state index is 11.7. The van der Waals surface area contributed by atoms with Gasteiger partial charge in [0, 0.05) is 0 Å². The quantitative estimate of drug-likeness (QED) is 0.564. The Morgan fingerprint density at radius 2 is 1.56 bits per heavy atom.